The zero-order valence-electron chi connectivity index (χ0n) is 16.7. The smallest absolute Gasteiger partial charge is 0.256 e. The monoisotopic (exact) mass is 410 g/mol. The predicted molar refractivity (Wildman–Crippen MR) is 123 cm³/mol. The zero-order valence-corrected chi connectivity index (χ0v) is 16.7. The number of aryl methyl sites for hydroxylation is 1. The van der Waals surface area contributed by atoms with Gasteiger partial charge in [0.15, 0.2) is 5.82 Å². The highest BCUT2D eigenvalue weighted by Crippen LogP contribution is 2.33. The molecular formula is C25H19FN4O. The van der Waals surface area contributed by atoms with Gasteiger partial charge in [-0.25, -0.2) is 4.39 Å². The van der Waals surface area contributed by atoms with Crippen LogP contribution in [-0.4, -0.2) is 16.1 Å². The van der Waals surface area contributed by atoms with Crippen LogP contribution in [0.2, 0.25) is 0 Å². The highest BCUT2D eigenvalue weighted by atomic mass is 19.1. The third-order valence-electron chi connectivity index (χ3n) is 5.42. The van der Waals surface area contributed by atoms with Gasteiger partial charge >= 0.3 is 0 Å². The number of rotatable bonds is 3. The molecule has 1 heterocycles. The van der Waals surface area contributed by atoms with Gasteiger partial charge in [-0.1, -0.05) is 42.5 Å². The predicted octanol–water partition coefficient (Wildman–Crippen LogP) is 5.67. The molecule has 1 amide bonds. The maximum Gasteiger partial charge on any atom is 0.256 e. The maximum absolute atomic E-state index is 14.1. The van der Waals surface area contributed by atoms with Crippen molar-refractivity contribution in [3.05, 3.63) is 89.7 Å². The van der Waals surface area contributed by atoms with Crippen LogP contribution in [0.5, 0.6) is 0 Å². The first-order valence-electron chi connectivity index (χ1n) is 9.84. The number of aromatic nitrogens is 2. The number of H-pyrrole nitrogens is 1. The fraction of sp³-hybridized carbons (Fsp3) is 0.0400. The summed E-state index contributed by atoms with van der Waals surface area (Å²) >= 11 is 0. The van der Waals surface area contributed by atoms with Crippen molar-refractivity contribution < 1.29 is 9.18 Å². The van der Waals surface area contributed by atoms with Gasteiger partial charge in [-0.05, 0) is 64.7 Å². The van der Waals surface area contributed by atoms with E-state index in [0.29, 0.717) is 11.4 Å². The summed E-state index contributed by atoms with van der Waals surface area (Å²) in [5.74, 6) is -0.379. The number of nitrogens with one attached hydrogen (secondary N) is 2. The molecule has 31 heavy (non-hydrogen) atoms. The summed E-state index contributed by atoms with van der Waals surface area (Å²) in [7, 11) is 0. The van der Waals surface area contributed by atoms with E-state index in [1.54, 1.807) is 18.2 Å². The Balaban J connectivity index is 1.57. The Labute approximate surface area is 177 Å². The minimum Gasteiger partial charge on any atom is -0.382 e. The fourth-order valence-corrected chi connectivity index (χ4v) is 3.91. The molecule has 4 aromatic carbocycles. The van der Waals surface area contributed by atoms with Gasteiger partial charge < -0.3 is 11.1 Å². The summed E-state index contributed by atoms with van der Waals surface area (Å²) in [5.41, 5.74) is 10.4. The molecule has 0 aliphatic heterocycles. The van der Waals surface area contributed by atoms with Crippen LogP contribution in [0.15, 0.2) is 72.8 Å². The van der Waals surface area contributed by atoms with Gasteiger partial charge in [-0.2, -0.15) is 5.10 Å². The lowest BCUT2D eigenvalue weighted by Gasteiger charge is -2.11. The van der Waals surface area contributed by atoms with Crippen LogP contribution < -0.4 is 11.1 Å². The number of nitrogens with two attached hydrogens (primary N) is 1. The molecule has 0 aliphatic carbocycles. The Morgan fingerprint density at radius 3 is 2.74 bits per heavy atom. The Hall–Kier alpha value is -4.19. The van der Waals surface area contributed by atoms with E-state index < -0.39 is 5.82 Å². The lowest BCUT2D eigenvalue weighted by molar-refractivity contribution is 0.102. The number of hydrogen-bond acceptors (Lipinski definition) is 3. The molecule has 0 spiro atoms. The zero-order chi connectivity index (χ0) is 21.5. The van der Waals surface area contributed by atoms with Gasteiger partial charge in [0.05, 0.1) is 16.6 Å². The van der Waals surface area contributed by atoms with Crippen molar-refractivity contribution in [2.45, 2.75) is 6.92 Å². The Bertz CT molecular complexity index is 1470. The molecule has 0 radical (unpaired) electrons. The molecule has 5 nitrogen and oxygen atoms in total. The first-order chi connectivity index (χ1) is 15.0. The largest absolute Gasteiger partial charge is 0.382 e. The summed E-state index contributed by atoms with van der Waals surface area (Å²) < 4.78 is 14.1. The molecule has 5 rings (SSSR count). The van der Waals surface area contributed by atoms with Crippen LogP contribution in [0, 0.1) is 12.7 Å². The van der Waals surface area contributed by atoms with E-state index in [2.05, 4.69) is 15.5 Å². The topological polar surface area (TPSA) is 83.8 Å². The summed E-state index contributed by atoms with van der Waals surface area (Å²) in [6.45, 7) is 1.85. The number of amides is 1. The number of nitrogens with zero attached hydrogens (tertiary/aromatic N) is 1. The first-order valence-corrected chi connectivity index (χ1v) is 9.84. The summed E-state index contributed by atoms with van der Waals surface area (Å²) in [4.78, 5) is 12.9. The molecule has 0 fully saturated rings. The SMILES string of the molecule is Cc1ccc(F)c(NC(=O)c2cccc3cc(-c4cccc5[nH]nc(N)c45)ccc23)c1. The number of benzene rings is 4. The van der Waals surface area contributed by atoms with Gasteiger partial charge in [-0.3, -0.25) is 9.89 Å². The molecule has 0 unspecified atom stereocenters. The Kier molecular flexibility index (Phi) is 4.40. The van der Waals surface area contributed by atoms with Gasteiger partial charge in [-0.15, -0.1) is 0 Å². The summed E-state index contributed by atoms with van der Waals surface area (Å²) in [6, 6.07) is 21.9. The number of aromatic amines is 1. The molecule has 0 aliphatic rings. The van der Waals surface area contributed by atoms with Crippen molar-refractivity contribution in [1.29, 1.82) is 0 Å². The van der Waals surface area contributed by atoms with Crippen LogP contribution >= 0.6 is 0 Å². The van der Waals surface area contributed by atoms with Gasteiger partial charge in [0, 0.05) is 5.56 Å². The number of anilines is 2. The molecule has 0 bridgehead atoms. The van der Waals surface area contributed by atoms with E-state index >= 15 is 0 Å². The minimum atomic E-state index is -0.465. The van der Waals surface area contributed by atoms with Crippen LogP contribution in [0.4, 0.5) is 15.9 Å². The fourth-order valence-electron chi connectivity index (χ4n) is 3.91. The van der Waals surface area contributed by atoms with Crippen LogP contribution in [0.1, 0.15) is 15.9 Å². The average molecular weight is 410 g/mol. The quantitative estimate of drug-likeness (QED) is 0.359. The van der Waals surface area contributed by atoms with Crippen molar-refractivity contribution in [3.8, 4) is 11.1 Å². The molecule has 0 saturated carbocycles. The second-order valence-corrected chi connectivity index (χ2v) is 7.52. The number of hydrogen-bond donors (Lipinski definition) is 3. The number of carbonyl (C=O) groups excluding carboxylic acids is 1. The van der Waals surface area contributed by atoms with Crippen LogP contribution in [0.25, 0.3) is 32.8 Å². The highest BCUT2D eigenvalue weighted by molar-refractivity contribution is 6.13. The molecule has 4 N–H and O–H groups in total. The van der Waals surface area contributed by atoms with Crippen LogP contribution in [-0.2, 0) is 0 Å². The van der Waals surface area contributed by atoms with Gasteiger partial charge in [0.2, 0.25) is 0 Å². The van der Waals surface area contributed by atoms with Crippen molar-refractivity contribution >= 4 is 39.1 Å². The normalized spacial score (nSPS) is 11.2. The second-order valence-electron chi connectivity index (χ2n) is 7.52. The van der Waals surface area contributed by atoms with E-state index in [-0.39, 0.29) is 11.6 Å². The second kappa shape index (κ2) is 7.25. The van der Waals surface area contributed by atoms with Crippen molar-refractivity contribution in [1.82, 2.24) is 10.2 Å². The van der Waals surface area contributed by atoms with E-state index in [4.69, 9.17) is 5.73 Å². The molecule has 6 heteroatoms. The number of carbonyl (C=O) groups is 1. The van der Waals surface area contributed by atoms with Crippen molar-refractivity contribution in [3.63, 3.8) is 0 Å². The standard InChI is InChI=1S/C25H19FN4O/c1-14-8-11-20(26)22(12-14)28-25(31)19-6-2-4-15-13-16(9-10-17(15)19)18-5-3-7-21-23(18)24(27)30-29-21/h2-13H,1H3,(H,28,31)(H3,27,29,30). The first kappa shape index (κ1) is 18.8. The number of halogens is 1. The number of nitrogen functional groups attached to an aromatic ring is 1. The average Bonchev–Trinajstić information content (AvgIpc) is 3.16. The minimum absolute atomic E-state index is 0.167. The molecular weight excluding hydrogens is 391 g/mol. The molecule has 152 valence electrons. The van der Waals surface area contributed by atoms with Gasteiger partial charge in [0.25, 0.3) is 5.91 Å². The van der Waals surface area contributed by atoms with Gasteiger partial charge in [0.1, 0.15) is 5.82 Å². The molecule has 0 atom stereocenters. The van der Waals surface area contributed by atoms with E-state index in [0.717, 1.165) is 38.4 Å². The third-order valence-corrected chi connectivity index (χ3v) is 5.42. The summed E-state index contributed by atoms with van der Waals surface area (Å²) in [6.07, 6.45) is 0. The lowest BCUT2D eigenvalue weighted by atomic mass is 9.96. The number of fused-ring (bicyclic) bond motifs is 2. The van der Waals surface area contributed by atoms with E-state index in [9.17, 15) is 9.18 Å². The molecule has 5 aromatic rings. The van der Waals surface area contributed by atoms with Crippen molar-refractivity contribution in [2.24, 2.45) is 0 Å². The molecule has 0 saturated heterocycles. The van der Waals surface area contributed by atoms with Crippen LogP contribution in [0.3, 0.4) is 0 Å². The molecule has 1 aromatic heterocycles. The van der Waals surface area contributed by atoms with Crippen molar-refractivity contribution in [2.75, 3.05) is 11.1 Å². The Morgan fingerprint density at radius 2 is 1.87 bits per heavy atom. The highest BCUT2D eigenvalue weighted by Gasteiger charge is 2.14. The van der Waals surface area contributed by atoms with E-state index in [1.165, 1.54) is 6.07 Å². The Morgan fingerprint density at radius 1 is 1.03 bits per heavy atom. The third kappa shape index (κ3) is 3.28. The van der Waals surface area contributed by atoms with E-state index in [1.807, 2.05) is 55.5 Å². The lowest BCUT2D eigenvalue weighted by Crippen LogP contribution is -2.13. The maximum atomic E-state index is 14.1. The summed E-state index contributed by atoms with van der Waals surface area (Å²) in [5, 5.41) is 12.3.